The first kappa shape index (κ1) is 30.6. The summed E-state index contributed by atoms with van der Waals surface area (Å²) in [5.41, 5.74) is 0.966. The highest BCUT2D eigenvalue weighted by molar-refractivity contribution is 5.69. The van der Waals surface area contributed by atoms with Crippen molar-refractivity contribution in [2.24, 2.45) is 5.92 Å². The summed E-state index contributed by atoms with van der Waals surface area (Å²) in [6.07, 6.45) is 9.50. The van der Waals surface area contributed by atoms with Gasteiger partial charge in [-0.25, -0.2) is 9.59 Å². The van der Waals surface area contributed by atoms with Gasteiger partial charge in [0.2, 0.25) is 0 Å². The van der Waals surface area contributed by atoms with Gasteiger partial charge in [0, 0.05) is 6.04 Å². The van der Waals surface area contributed by atoms with Gasteiger partial charge < -0.3 is 34.3 Å². The van der Waals surface area contributed by atoms with Gasteiger partial charge in [0.15, 0.2) is 6.29 Å². The summed E-state index contributed by atoms with van der Waals surface area (Å²) in [6.45, 7) is 3.34. The second-order valence-electron chi connectivity index (χ2n) is 11.6. The molecule has 4 rings (SSSR count). The Bertz CT molecular complexity index is 901. The van der Waals surface area contributed by atoms with Crippen LogP contribution < -0.4 is 5.32 Å². The predicted octanol–water partition coefficient (Wildman–Crippen LogP) is 5.19. The van der Waals surface area contributed by atoms with Crippen molar-refractivity contribution in [3.8, 4) is 0 Å². The molecule has 9 heteroatoms. The summed E-state index contributed by atoms with van der Waals surface area (Å²) in [7, 11) is 0. The highest BCUT2D eigenvalue weighted by Gasteiger charge is 2.44. The van der Waals surface area contributed by atoms with Gasteiger partial charge >= 0.3 is 12.2 Å². The summed E-state index contributed by atoms with van der Waals surface area (Å²) in [5, 5.41) is 14.4. The number of alkyl carbamates (subject to hydrolysis) is 1. The van der Waals surface area contributed by atoms with Gasteiger partial charge in [-0.1, -0.05) is 81.7 Å². The Kier molecular flexibility index (Phi) is 12.4. The van der Waals surface area contributed by atoms with E-state index in [0.29, 0.717) is 26.2 Å². The molecule has 1 aromatic carbocycles. The third-order valence-corrected chi connectivity index (χ3v) is 8.45. The van der Waals surface area contributed by atoms with Crippen LogP contribution in [-0.4, -0.2) is 79.1 Å². The largest absolute Gasteiger partial charge is 0.449 e. The van der Waals surface area contributed by atoms with Gasteiger partial charge in [-0.2, -0.15) is 0 Å². The minimum absolute atomic E-state index is 0.0268. The molecule has 0 bridgehead atoms. The molecule has 3 aliphatic rings. The quantitative estimate of drug-likeness (QED) is 0.473. The number of fused-ring (bicyclic) bond motifs is 1. The highest BCUT2D eigenvalue weighted by atomic mass is 16.7. The van der Waals surface area contributed by atoms with E-state index in [1.54, 1.807) is 4.90 Å². The molecule has 6 atom stereocenters. The van der Waals surface area contributed by atoms with E-state index in [1.165, 1.54) is 32.1 Å². The Hall–Kier alpha value is -2.36. The van der Waals surface area contributed by atoms with Gasteiger partial charge in [-0.3, -0.25) is 0 Å². The van der Waals surface area contributed by atoms with Crippen LogP contribution in [0.15, 0.2) is 30.3 Å². The third-order valence-electron chi connectivity index (χ3n) is 8.45. The number of hydrogen-bond donors (Lipinski definition) is 2. The van der Waals surface area contributed by atoms with Crippen molar-refractivity contribution in [2.75, 3.05) is 26.4 Å². The number of nitrogens with one attached hydrogen (secondary N) is 1. The average Bonchev–Trinajstić information content (AvgIpc) is 3.57. The number of cyclic esters (lactones) is 1. The van der Waals surface area contributed by atoms with Gasteiger partial charge in [0.1, 0.15) is 6.10 Å². The number of carbonyl (C=O) groups is 2. The lowest BCUT2D eigenvalue weighted by Crippen LogP contribution is -2.53. The van der Waals surface area contributed by atoms with Crippen molar-refractivity contribution in [3.05, 3.63) is 35.9 Å². The zero-order valence-electron chi connectivity index (χ0n) is 24.0. The number of aliphatic hydroxyl groups is 1. The van der Waals surface area contributed by atoms with Crippen molar-refractivity contribution in [3.63, 3.8) is 0 Å². The summed E-state index contributed by atoms with van der Waals surface area (Å²) < 4.78 is 22.5. The van der Waals surface area contributed by atoms with E-state index >= 15 is 0 Å². The van der Waals surface area contributed by atoms with Gasteiger partial charge in [0.25, 0.3) is 0 Å². The van der Waals surface area contributed by atoms with E-state index in [0.717, 1.165) is 44.1 Å². The first-order valence-corrected chi connectivity index (χ1v) is 15.4. The number of rotatable bonds is 7. The lowest BCUT2D eigenvalue weighted by Gasteiger charge is -2.33. The number of amides is 2. The number of β-amino-alcohol motifs (C(OH)–C–C–N with tert-alkyl or cyclic N) is 1. The first-order valence-electron chi connectivity index (χ1n) is 15.4. The maximum atomic E-state index is 13.2. The molecule has 3 aliphatic heterocycles. The third kappa shape index (κ3) is 9.35. The average molecular weight is 561 g/mol. The van der Waals surface area contributed by atoms with Crippen LogP contribution in [0.2, 0.25) is 0 Å². The fraction of sp³-hybridized carbons (Fsp3) is 0.742. The molecule has 0 radical (unpaired) electrons. The van der Waals surface area contributed by atoms with Gasteiger partial charge in [-0.15, -0.1) is 0 Å². The number of carbonyl (C=O) groups excluding carboxylic acids is 2. The summed E-state index contributed by atoms with van der Waals surface area (Å²) >= 11 is 0. The number of hydrogen-bond acceptors (Lipinski definition) is 7. The standard InChI is InChI=1S/C31H48N2O7/c1-23-14-10-7-5-3-2-4-6-8-13-18-38-31(36)33(23)21-27(34)26(20-24-15-11-9-12-16-24)32-30(35)40-28-22-39-29-25(28)17-19-37-29/h9,11-12,15-16,23,25-29,34H,2-8,10,13-14,17-22H2,1H3,(H,32,35)/t23?,25-,26?,27?,28-,29+/m0/s1. The molecule has 3 fully saturated rings. The summed E-state index contributed by atoms with van der Waals surface area (Å²) in [6, 6.07) is 8.94. The molecule has 2 amide bonds. The molecule has 40 heavy (non-hydrogen) atoms. The fourth-order valence-corrected chi connectivity index (χ4v) is 5.96. The normalized spacial score (nSPS) is 28.4. The zero-order valence-corrected chi connectivity index (χ0v) is 24.0. The Morgan fingerprint density at radius 3 is 2.45 bits per heavy atom. The Morgan fingerprint density at radius 1 is 1.00 bits per heavy atom. The van der Waals surface area contributed by atoms with Crippen LogP contribution in [0.25, 0.3) is 0 Å². The SMILES string of the molecule is CC1CCCCCCCCCCCOC(=O)N1CC(O)C(Cc1ccccc1)NC(=O)O[C@H]1CO[C@H]2OCC[C@H]21. The second kappa shape index (κ2) is 16.2. The first-order chi connectivity index (χ1) is 19.5. The Balaban J connectivity index is 1.41. The molecule has 1 aromatic rings. The molecule has 0 spiro atoms. The summed E-state index contributed by atoms with van der Waals surface area (Å²) in [4.78, 5) is 27.8. The molecule has 0 aliphatic carbocycles. The van der Waals surface area contributed by atoms with Crippen LogP contribution in [0.5, 0.6) is 0 Å². The van der Waals surface area contributed by atoms with Crippen molar-refractivity contribution >= 4 is 12.2 Å². The van der Waals surface area contributed by atoms with E-state index in [2.05, 4.69) is 5.32 Å². The van der Waals surface area contributed by atoms with Crippen LogP contribution in [0, 0.1) is 5.92 Å². The molecule has 0 aromatic heterocycles. The van der Waals surface area contributed by atoms with E-state index in [9.17, 15) is 14.7 Å². The molecule has 3 heterocycles. The Labute approximate surface area is 238 Å². The van der Waals surface area contributed by atoms with Crippen molar-refractivity contribution < 1.29 is 33.6 Å². The number of benzene rings is 1. The minimum Gasteiger partial charge on any atom is -0.449 e. The summed E-state index contributed by atoms with van der Waals surface area (Å²) in [5.74, 6) is 0.0268. The van der Waals surface area contributed by atoms with E-state index in [1.807, 2.05) is 37.3 Å². The maximum absolute atomic E-state index is 13.2. The monoisotopic (exact) mass is 560 g/mol. The molecule has 3 unspecified atom stereocenters. The van der Waals surface area contributed by atoms with E-state index in [4.69, 9.17) is 18.9 Å². The number of nitrogens with zero attached hydrogens (tertiary/aromatic N) is 1. The fourth-order valence-electron chi connectivity index (χ4n) is 5.96. The molecule has 2 N–H and O–H groups in total. The number of aliphatic hydroxyl groups excluding tert-OH is 1. The number of ether oxygens (including phenoxy) is 4. The molecular formula is C31H48N2O7. The maximum Gasteiger partial charge on any atom is 0.410 e. The smallest absolute Gasteiger partial charge is 0.410 e. The van der Waals surface area contributed by atoms with E-state index in [-0.39, 0.29) is 30.9 Å². The van der Waals surface area contributed by atoms with Crippen LogP contribution in [-0.2, 0) is 25.4 Å². The minimum atomic E-state index is -1.02. The molecular weight excluding hydrogens is 512 g/mol. The molecule has 0 saturated carbocycles. The van der Waals surface area contributed by atoms with Crippen LogP contribution in [0.4, 0.5) is 9.59 Å². The lowest BCUT2D eigenvalue weighted by molar-refractivity contribution is -0.0907. The van der Waals surface area contributed by atoms with Gasteiger partial charge in [-0.05, 0) is 38.2 Å². The molecule has 9 nitrogen and oxygen atoms in total. The zero-order chi connectivity index (χ0) is 28.2. The highest BCUT2D eigenvalue weighted by Crippen LogP contribution is 2.33. The topological polar surface area (TPSA) is 107 Å². The molecule has 224 valence electrons. The van der Waals surface area contributed by atoms with Gasteiger partial charge in [0.05, 0.1) is 44.4 Å². The van der Waals surface area contributed by atoms with Crippen molar-refractivity contribution in [1.82, 2.24) is 10.2 Å². The second-order valence-corrected chi connectivity index (χ2v) is 11.6. The van der Waals surface area contributed by atoms with Crippen LogP contribution >= 0.6 is 0 Å². The predicted molar refractivity (Wildman–Crippen MR) is 151 cm³/mol. The van der Waals surface area contributed by atoms with Crippen LogP contribution in [0.1, 0.15) is 83.1 Å². The lowest BCUT2D eigenvalue weighted by atomic mass is 10.00. The van der Waals surface area contributed by atoms with Crippen molar-refractivity contribution in [1.29, 1.82) is 0 Å². The Morgan fingerprint density at radius 2 is 1.70 bits per heavy atom. The van der Waals surface area contributed by atoms with Crippen molar-refractivity contribution in [2.45, 2.75) is 115 Å². The molecule has 3 saturated heterocycles. The van der Waals surface area contributed by atoms with E-state index < -0.39 is 24.3 Å². The van der Waals surface area contributed by atoms with Crippen LogP contribution in [0.3, 0.4) is 0 Å².